The van der Waals surface area contributed by atoms with Crippen molar-refractivity contribution in [2.75, 3.05) is 33.7 Å². The number of piperidine rings is 1. The molecule has 1 amide bonds. The zero-order valence-electron chi connectivity index (χ0n) is 16.8. The number of β-amino-alcohol motifs (C(OH)–C–C–N with tert-alkyl or cyclic N) is 1. The van der Waals surface area contributed by atoms with Gasteiger partial charge in [0.1, 0.15) is 5.41 Å². The summed E-state index contributed by atoms with van der Waals surface area (Å²) in [5, 5.41) is 10.2. The van der Waals surface area contributed by atoms with Gasteiger partial charge < -0.3 is 20.6 Å². The number of hydrogen-bond donors (Lipinski definition) is 2. The van der Waals surface area contributed by atoms with Crippen LogP contribution in [0, 0.1) is 0 Å². The number of benzene rings is 2. The number of aliphatic hydroxyl groups excluding tert-OH is 1. The highest BCUT2D eigenvalue weighted by molar-refractivity contribution is 5.91. The van der Waals surface area contributed by atoms with Gasteiger partial charge in [0.15, 0.2) is 0 Å². The average molecular weight is 382 g/mol. The van der Waals surface area contributed by atoms with E-state index in [1.807, 2.05) is 74.8 Å². The molecule has 0 saturated carbocycles. The summed E-state index contributed by atoms with van der Waals surface area (Å²) in [6.45, 7) is 2.11. The average Bonchev–Trinajstić information content (AvgIpc) is 2.72. The molecule has 28 heavy (non-hydrogen) atoms. The summed E-state index contributed by atoms with van der Waals surface area (Å²) in [5.41, 5.74) is 7.18. The third-order valence-corrected chi connectivity index (χ3v) is 5.83. The highest BCUT2D eigenvalue weighted by Gasteiger charge is 2.43. The molecule has 150 valence electrons. The molecular weight excluding hydrogens is 350 g/mol. The number of carbonyl (C=O) groups excluding carboxylic acids is 1. The minimum atomic E-state index is -0.767. The summed E-state index contributed by atoms with van der Waals surface area (Å²) >= 11 is 0. The summed E-state index contributed by atoms with van der Waals surface area (Å²) in [6.07, 6.45) is 0.896. The normalized spacial score (nSPS) is 20.7. The zero-order valence-corrected chi connectivity index (χ0v) is 16.8. The maximum absolute atomic E-state index is 13.6. The molecule has 2 aromatic rings. The molecule has 0 aromatic heterocycles. The smallest absolute Gasteiger partial charge is 0.237 e. The van der Waals surface area contributed by atoms with E-state index in [9.17, 15) is 9.90 Å². The van der Waals surface area contributed by atoms with Gasteiger partial charge in [0.25, 0.3) is 0 Å². The Morgan fingerprint density at radius 3 is 2.11 bits per heavy atom. The van der Waals surface area contributed by atoms with Gasteiger partial charge in [0.05, 0.1) is 6.10 Å². The number of nitrogens with two attached hydrogens (primary N) is 1. The van der Waals surface area contributed by atoms with E-state index in [2.05, 4.69) is 4.90 Å². The molecule has 2 atom stereocenters. The molecule has 0 radical (unpaired) electrons. The molecule has 0 spiro atoms. The summed E-state index contributed by atoms with van der Waals surface area (Å²) in [5.74, 6) is 0.0687. The van der Waals surface area contributed by atoms with Crippen LogP contribution in [0.2, 0.25) is 0 Å². The van der Waals surface area contributed by atoms with Gasteiger partial charge in [-0.25, -0.2) is 0 Å². The van der Waals surface area contributed by atoms with Crippen molar-refractivity contribution in [3.63, 3.8) is 0 Å². The van der Waals surface area contributed by atoms with Crippen molar-refractivity contribution in [2.24, 2.45) is 5.73 Å². The number of carbonyl (C=O) groups is 1. The summed E-state index contributed by atoms with van der Waals surface area (Å²) < 4.78 is 0. The van der Waals surface area contributed by atoms with E-state index in [-0.39, 0.29) is 11.9 Å². The van der Waals surface area contributed by atoms with E-state index < -0.39 is 11.5 Å². The fourth-order valence-corrected chi connectivity index (χ4v) is 4.18. The van der Waals surface area contributed by atoms with Gasteiger partial charge in [-0.2, -0.15) is 0 Å². The molecule has 3 N–H and O–H groups in total. The third kappa shape index (κ3) is 4.12. The van der Waals surface area contributed by atoms with Crippen molar-refractivity contribution in [3.8, 4) is 0 Å². The Bertz CT molecular complexity index is 724. The lowest BCUT2D eigenvalue weighted by molar-refractivity contribution is -0.133. The van der Waals surface area contributed by atoms with E-state index in [0.29, 0.717) is 19.5 Å². The Morgan fingerprint density at radius 2 is 1.64 bits per heavy atom. The first kappa shape index (κ1) is 20.5. The van der Waals surface area contributed by atoms with Crippen LogP contribution in [0.1, 0.15) is 24.0 Å². The van der Waals surface area contributed by atoms with Crippen LogP contribution in [-0.2, 0) is 10.2 Å². The summed E-state index contributed by atoms with van der Waals surface area (Å²) in [4.78, 5) is 17.5. The first-order valence-electron chi connectivity index (χ1n) is 9.94. The van der Waals surface area contributed by atoms with Crippen LogP contribution in [0.25, 0.3) is 0 Å². The van der Waals surface area contributed by atoms with E-state index in [4.69, 9.17) is 5.73 Å². The Kier molecular flexibility index (Phi) is 6.50. The van der Waals surface area contributed by atoms with Crippen molar-refractivity contribution in [1.29, 1.82) is 0 Å². The Morgan fingerprint density at radius 1 is 1.11 bits per heavy atom. The number of nitrogens with zero attached hydrogens (tertiary/aromatic N) is 2. The maximum Gasteiger partial charge on any atom is 0.237 e. The van der Waals surface area contributed by atoms with Gasteiger partial charge in [0, 0.05) is 26.7 Å². The highest BCUT2D eigenvalue weighted by atomic mass is 16.3. The molecule has 1 saturated heterocycles. The minimum absolute atomic E-state index is 0.0687. The standard InChI is InChI=1S/C23H31N3O2/c1-25(2)22(28)23(18-9-5-3-6-10-18,19-11-7-4-8-12-19)14-16-26-15-13-20(24)21(27)17-26/h3-12,20-21,27H,13-17,24H2,1-2H3/t20-,21-/m1/s1. The lowest BCUT2D eigenvalue weighted by Crippen LogP contribution is -2.52. The van der Waals surface area contributed by atoms with Gasteiger partial charge in [-0.15, -0.1) is 0 Å². The molecule has 2 aromatic carbocycles. The van der Waals surface area contributed by atoms with E-state index in [1.54, 1.807) is 4.90 Å². The predicted octanol–water partition coefficient (Wildman–Crippen LogP) is 1.84. The van der Waals surface area contributed by atoms with Gasteiger partial charge in [0.2, 0.25) is 5.91 Å². The van der Waals surface area contributed by atoms with Crippen LogP contribution in [0.4, 0.5) is 0 Å². The predicted molar refractivity (Wildman–Crippen MR) is 112 cm³/mol. The number of likely N-dealkylation sites (N-methyl/N-ethyl adjacent to an activating group) is 1. The first-order valence-corrected chi connectivity index (χ1v) is 9.94. The second-order valence-corrected chi connectivity index (χ2v) is 7.91. The molecule has 5 nitrogen and oxygen atoms in total. The van der Waals surface area contributed by atoms with Crippen LogP contribution in [0.5, 0.6) is 0 Å². The van der Waals surface area contributed by atoms with Crippen LogP contribution in [0.3, 0.4) is 0 Å². The minimum Gasteiger partial charge on any atom is -0.390 e. The van der Waals surface area contributed by atoms with Crippen LogP contribution >= 0.6 is 0 Å². The molecule has 0 aliphatic carbocycles. The van der Waals surface area contributed by atoms with Crippen LogP contribution in [0.15, 0.2) is 60.7 Å². The lowest BCUT2D eigenvalue weighted by Gasteiger charge is -2.39. The van der Waals surface area contributed by atoms with Crippen molar-refractivity contribution in [3.05, 3.63) is 71.8 Å². The molecule has 5 heteroatoms. The molecule has 1 heterocycles. The Labute approximate surface area is 167 Å². The molecule has 0 bridgehead atoms. The number of aliphatic hydroxyl groups is 1. The zero-order chi connectivity index (χ0) is 20.1. The van der Waals surface area contributed by atoms with E-state index in [1.165, 1.54) is 0 Å². The topological polar surface area (TPSA) is 69.8 Å². The van der Waals surface area contributed by atoms with Crippen molar-refractivity contribution in [1.82, 2.24) is 9.80 Å². The first-order chi connectivity index (χ1) is 13.4. The van der Waals surface area contributed by atoms with Crippen molar-refractivity contribution < 1.29 is 9.90 Å². The molecule has 1 fully saturated rings. The van der Waals surface area contributed by atoms with Crippen LogP contribution in [-0.4, -0.2) is 66.7 Å². The Balaban J connectivity index is 1.99. The highest BCUT2D eigenvalue weighted by Crippen LogP contribution is 2.38. The third-order valence-electron chi connectivity index (χ3n) is 5.83. The van der Waals surface area contributed by atoms with Gasteiger partial charge in [-0.05, 0) is 37.1 Å². The summed E-state index contributed by atoms with van der Waals surface area (Å²) in [6, 6.07) is 19.9. The number of rotatable bonds is 6. The van der Waals surface area contributed by atoms with Crippen molar-refractivity contribution >= 4 is 5.91 Å². The summed E-state index contributed by atoms with van der Waals surface area (Å²) in [7, 11) is 3.62. The van der Waals surface area contributed by atoms with Gasteiger partial charge in [-0.3, -0.25) is 4.79 Å². The number of amides is 1. The quantitative estimate of drug-likeness (QED) is 0.801. The van der Waals surface area contributed by atoms with Crippen molar-refractivity contribution in [2.45, 2.75) is 30.4 Å². The number of hydrogen-bond acceptors (Lipinski definition) is 4. The molecule has 3 rings (SSSR count). The van der Waals surface area contributed by atoms with Gasteiger partial charge >= 0.3 is 0 Å². The lowest BCUT2D eigenvalue weighted by atomic mass is 9.70. The molecule has 0 unspecified atom stereocenters. The van der Waals surface area contributed by atoms with Gasteiger partial charge in [-0.1, -0.05) is 60.7 Å². The largest absolute Gasteiger partial charge is 0.390 e. The fourth-order valence-electron chi connectivity index (χ4n) is 4.18. The molecular formula is C23H31N3O2. The number of likely N-dealkylation sites (tertiary alicyclic amines) is 1. The molecule has 1 aliphatic heterocycles. The molecule has 1 aliphatic rings. The second-order valence-electron chi connectivity index (χ2n) is 7.91. The fraction of sp³-hybridized carbons (Fsp3) is 0.435. The maximum atomic E-state index is 13.6. The Hall–Kier alpha value is -2.21. The van der Waals surface area contributed by atoms with E-state index >= 15 is 0 Å². The van der Waals surface area contributed by atoms with Crippen LogP contribution < -0.4 is 5.73 Å². The monoisotopic (exact) mass is 381 g/mol. The second kappa shape index (κ2) is 8.86. The SMILES string of the molecule is CN(C)C(=O)C(CCN1CC[C@@H](N)[C@H](O)C1)(c1ccccc1)c1ccccc1. The van der Waals surface area contributed by atoms with E-state index in [0.717, 1.165) is 24.1 Å².